The number of carbonyl (C=O) groups excluding carboxylic acids is 1. The van der Waals surface area contributed by atoms with Crippen molar-refractivity contribution in [3.8, 4) is 0 Å². The topological polar surface area (TPSA) is 83.7 Å². The Bertz CT molecular complexity index is 469. The van der Waals surface area contributed by atoms with Gasteiger partial charge in [0.15, 0.2) is 0 Å². The van der Waals surface area contributed by atoms with E-state index in [1.807, 2.05) is 0 Å². The van der Waals surface area contributed by atoms with Gasteiger partial charge in [-0.2, -0.15) is 0 Å². The number of nitro benzene ring substituents is 1. The number of aliphatic hydroxyl groups is 1. The lowest BCUT2D eigenvalue weighted by Gasteiger charge is -2.38. The van der Waals surface area contributed by atoms with Crippen molar-refractivity contribution in [1.82, 2.24) is 4.90 Å². The Morgan fingerprint density at radius 1 is 1.44 bits per heavy atom. The van der Waals surface area contributed by atoms with Gasteiger partial charge in [0.2, 0.25) is 5.91 Å². The maximum Gasteiger partial charge on any atom is 0.273 e. The van der Waals surface area contributed by atoms with Crippen molar-refractivity contribution in [2.24, 2.45) is 5.92 Å². The standard InChI is InChI=1S/C12H14N2O4/c15-8-9-6-13(7-9)12(16)5-10-3-1-2-4-11(10)14(17)18/h1-4,9,15H,5-8H2. The van der Waals surface area contributed by atoms with Crippen LogP contribution >= 0.6 is 0 Å². The molecule has 1 aliphatic rings. The molecule has 1 heterocycles. The zero-order valence-corrected chi connectivity index (χ0v) is 9.78. The zero-order valence-electron chi connectivity index (χ0n) is 9.78. The highest BCUT2D eigenvalue weighted by Gasteiger charge is 2.30. The van der Waals surface area contributed by atoms with Gasteiger partial charge in [0.1, 0.15) is 0 Å². The Kier molecular flexibility index (Phi) is 3.57. The van der Waals surface area contributed by atoms with E-state index >= 15 is 0 Å². The molecular formula is C12H14N2O4. The summed E-state index contributed by atoms with van der Waals surface area (Å²) in [5.41, 5.74) is 0.407. The Hall–Kier alpha value is -1.95. The van der Waals surface area contributed by atoms with Gasteiger partial charge >= 0.3 is 0 Å². The number of benzene rings is 1. The van der Waals surface area contributed by atoms with E-state index in [-0.39, 0.29) is 30.5 Å². The molecule has 1 amide bonds. The number of hydrogen-bond donors (Lipinski definition) is 1. The van der Waals surface area contributed by atoms with Crippen LogP contribution in [0.5, 0.6) is 0 Å². The molecule has 1 saturated heterocycles. The van der Waals surface area contributed by atoms with Crippen LogP contribution in [-0.4, -0.2) is 40.5 Å². The summed E-state index contributed by atoms with van der Waals surface area (Å²) in [6.07, 6.45) is 0.0370. The molecule has 6 heteroatoms. The molecular weight excluding hydrogens is 236 g/mol. The van der Waals surface area contributed by atoms with Crippen molar-refractivity contribution in [1.29, 1.82) is 0 Å². The van der Waals surface area contributed by atoms with E-state index in [0.717, 1.165) is 0 Å². The number of aliphatic hydroxyl groups excluding tert-OH is 1. The normalized spacial score (nSPS) is 15.3. The second-order valence-corrected chi connectivity index (χ2v) is 4.41. The number of amides is 1. The quantitative estimate of drug-likeness (QED) is 0.626. The van der Waals surface area contributed by atoms with E-state index in [1.54, 1.807) is 23.1 Å². The minimum atomic E-state index is -0.477. The summed E-state index contributed by atoms with van der Waals surface area (Å²) in [7, 11) is 0. The van der Waals surface area contributed by atoms with E-state index in [4.69, 9.17) is 5.11 Å². The van der Waals surface area contributed by atoms with Crippen LogP contribution in [0.25, 0.3) is 0 Å². The molecule has 0 aliphatic carbocycles. The predicted molar refractivity (Wildman–Crippen MR) is 64.0 cm³/mol. The summed E-state index contributed by atoms with van der Waals surface area (Å²) in [5, 5.41) is 19.7. The van der Waals surface area contributed by atoms with Crippen molar-refractivity contribution in [2.45, 2.75) is 6.42 Å². The van der Waals surface area contributed by atoms with Crippen LogP contribution < -0.4 is 0 Å². The largest absolute Gasteiger partial charge is 0.396 e. The summed E-state index contributed by atoms with van der Waals surface area (Å²) in [6.45, 7) is 1.15. The van der Waals surface area contributed by atoms with Crippen LogP contribution in [0, 0.1) is 16.0 Å². The van der Waals surface area contributed by atoms with Crippen LogP contribution in [-0.2, 0) is 11.2 Å². The van der Waals surface area contributed by atoms with Gasteiger partial charge in [-0.25, -0.2) is 0 Å². The third-order valence-electron chi connectivity index (χ3n) is 3.10. The minimum absolute atomic E-state index is 0.0231. The van der Waals surface area contributed by atoms with Gasteiger partial charge in [0.25, 0.3) is 5.69 Å². The molecule has 0 atom stereocenters. The van der Waals surface area contributed by atoms with Crippen molar-refractivity contribution in [2.75, 3.05) is 19.7 Å². The highest BCUT2D eigenvalue weighted by Crippen LogP contribution is 2.21. The molecule has 0 aromatic heterocycles. The van der Waals surface area contributed by atoms with Crippen molar-refractivity contribution < 1.29 is 14.8 Å². The Morgan fingerprint density at radius 3 is 2.72 bits per heavy atom. The molecule has 96 valence electrons. The van der Waals surface area contributed by atoms with Crippen LogP contribution in [0.2, 0.25) is 0 Å². The first-order valence-electron chi connectivity index (χ1n) is 5.72. The van der Waals surface area contributed by atoms with Gasteiger partial charge in [0, 0.05) is 37.2 Å². The molecule has 1 aliphatic heterocycles. The Balaban J connectivity index is 2.02. The molecule has 2 rings (SSSR count). The zero-order chi connectivity index (χ0) is 13.1. The fraction of sp³-hybridized carbons (Fsp3) is 0.417. The second-order valence-electron chi connectivity index (χ2n) is 4.41. The van der Waals surface area contributed by atoms with Crippen molar-refractivity contribution in [3.05, 3.63) is 39.9 Å². The number of carbonyl (C=O) groups is 1. The molecule has 0 spiro atoms. The van der Waals surface area contributed by atoms with Gasteiger partial charge < -0.3 is 10.0 Å². The first kappa shape index (κ1) is 12.5. The fourth-order valence-corrected chi connectivity index (χ4v) is 2.00. The lowest BCUT2D eigenvalue weighted by molar-refractivity contribution is -0.385. The van der Waals surface area contributed by atoms with Crippen molar-refractivity contribution in [3.63, 3.8) is 0 Å². The average Bonchev–Trinajstić information content (AvgIpc) is 2.28. The third-order valence-corrected chi connectivity index (χ3v) is 3.10. The van der Waals surface area contributed by atoms with Gasteiger partial charge in [-0.1, -0.05) is 18.2 Å². The van der Waals surface area contributed by atoms with E-state index in [2.05, 4.69) is 0 Å². The maximum atomic E-state index is 11.9. The lowest BCUT2D eigenvalue weighted by atomic mass is 9.99. The number of para-hydroxylation sites is 1. The van der Waals surface area contributed by atoms with Crippen LogP contribution in [0.15, 0.2) is 24.3 Å². The number of rotatable bonds is 4. The molecule has 0 bridgehead atoms. The molecule has 1 N–H and O–H groups in total. The Labute approximate surface area is 104 Å². The average molecular weight is 250 g/mol. The summed E-state index contributed by atoms with van der Waals surface area (Å²) in [5.74, 6) is 0.0220. The number of hydrogen-bond acceptors (Lipinski definition) is 4. The molecule has 6 nitrogen and oxygen atoms in total. The summed E-state index contributed by atoms with van der Waals surface area (Å²) >= 11 is 0. The van der Waals surface area contributed by atoms with E-state index < -0.39 is 4.92 Å². The molecule has 0 saturated carbocycles. The fourth-order valence-electron chi connectivity index (χ4n) is 2.00. The van der Waals surface area contributed by atoms with Crippen LogP contribution in [0.4, 0.5) is 5.69 Å². The van der Waals surface area contributed by atoms with E-state index in [9.17, 15) is 14.9 Å². The lowest BCUT2D eigenvalue weighted by Crippen LogP contribution is -2.51. The molecule has 1 aromatic rings. The Morgan fingerprint density at radius 2 is 2.11 bits per heavy atom. The van der Waals surface area contributed by atoms with E-state index in [0.29, 0.717) is 18.7 Å². The van der Waals surface area contributed by atoms with Crippen LogP contribution in [0.1, 0.15) is 5.56 Å². The monoisotopic (exact) mass is 250 g/mol. The number of likely N-dealkylation sites (tertiary alicyclic amines) is 1. The smallest absolute Gasteiger partial charge is 0.273 e. The van der Waals surface area contributed by atoms with Gasteiger partial charge in [-0.3, -0.25) is 14.9 Å². The van der Waals surface area contributed by atoms with Gasteiger partial charge in [-0.05, 0) is 0 Å². The second kappa shape index (κ2) is 5.14. The molecule has 18 heavy (non-hydrogen) atoms. The molecule has 0 radical (unpaired) electrons. The molecule has 0 unspecified atom stereocenters. The number of nitrogens with zero attached hydrogens (tertiary/aromatic N) is 2. The van der Waals surface area contributed by atoms with E-state index in [1.165, 1.54) is 6.07 Å². The third kappa shape index (κ3) is 2.48. The maximum absolute atomic E-state index is 11.9. The molecule has 1 fully saturated rings. The summed E-state index contributed by atoms with van der Waals surface area (Å²) in [4.78, 5) is 23.8. The van der Waals surface area contributed by atoms with Gasteiger partial charge in [-0.15, -0.1) is 0 Å². The first-order valence-corrected chi connectivity index (χ1v) is 5.72. The number of nitro groups is 1. The molecule has 1 aromatic carbocycles. The highest BCUT2D eigenvalue weighted by molar-refractivity contribution is 5.80. The van der Waals surface area contributed by atoms with Crippen LogP contribution in [0.3, 0.4) is 0 Å². The summed E-state index contributed by atoms with van der Waals surface area (Å²) < 4.78 is 0. The van der Waals surface area contributed by atoms with Crippen molar-refractivity contribution >= 4 is 11.6 Å². The minimum Gasteiger partial charge on any atom is -0.396 e. The SMILES string of the molecule is O=C(Cc1ccccc1[N+](=O)[O-])N1CC(CO)C1. The summed E-state index contributed by atoms with van der Waals surface area (Å²) in [6, 6.07) is 6.26. The highest BCUT2D eigenvalue weighted by atomic mass is 16.6. The predicted octanol–water partition coefficient (Wildman–Crippen LogP) is 0.588. The van der Waals surface area contributed by atoms with Gasteiger partial charge in [0.05, 0.1) is 11.3 Å². The first-order chi connectivity index (χ1) is 8.61.